The molecule has 1 N–H and O–H groups in total. The molecular formula is C14H12BrNO3. The van der Waals surface area contributed by atoms with Crippen LogP contribution in [0.1, 0.15) is 21.5 Å². The topological polar surface area (TPSA) is 59.4 Å². The van der Waals surface area contributed by atoms with Crippen LogP contribution in [-0.4, -0.2) is 16.1 Å². The van der Waals surface area contributed by atoms with Crippen molar-refractivity contribution in [3.8, 4) is 11.6 Å². The maximum atomic E-state index is 11.2. The van der Waals surface area contributed by atoms with Crippen LogP contribution in [0, 0.1) is 13.8 Å². The number of hydrogen-bond donors (Lipinski definition) is 1. The molecule has 2 aromatic rings. The Morgan fingerprint density at radius 2 is 2.00 bits per heavy atom. The summed E-state index contributed by atoms with van der Waals surface area (Å²) in [6.07, 6.45) is 1.66. The van der Waals surface area contributed by atoms with Gasteiger partial charge in [0.1, 0.15) is 11.3 Å². The van der Waals surface area contributed by atoms with E-state index < -0.39 is 5.97 Å². The molecule has 0 fully saturated rings. The van der Waals surface area contributed by atoms with Crippen molar-refractivity contribution < 1.29 is 14.6 Å². The fourth-order valence-electron chi connectivity index (χ4n) is 1.59. The smallest absolute Gasteiger partial charge is 0.339 e. The van der Waals surface area contributed by atoms with Crippen molar-refractivity contribution in [3.05, 3.63) is 51.6 Å². The normalized spacial score (nSPS) is 10.3. The van der Waals surface area contributed by atoms with Crippen LogP contribution < -0.4 is 4.74 Å². The summed E-state index contributed by atoms with van der Waals surface area (Å²) in [6.45, 7) is 3.78. The predicted molar refractivity (Wildman–Crippen MR) is 74.9 cm³/mol. The van der Waals surface area contributed by atoms with Crippen molar-refractivity contribution in [2.75, 3.05) is 0 Å². The van der Waals surface area contributed by atoms with Crippen LogP contribution in [0.2, 0.25) is 0 Å². The number of rotatable bonds is 3. The molecule has 0 unspecified atom stereocenters. The summed E-state index contributed by atoms with van der Waals surface area (Å²) in [5.74, 6) is -0.401. The molecule has 5 heteroatoms. The van der Waals surface area contributed by atoms with Gasteiger partial charge in [0.15, 0.2) is 0 Å². The number of aromatic carboxylic acids is 1. The molecule has 0 aliphatic rings. The van der Waals surface area contributed by atoms with Gasteiger partial charge in [0.25, 0.3) is 0 Å². The number of carboxylic acid groups (broad SMARTS) is 1. The third-order valence-electron chi connectivity index (χ3n) is 2.52. The number of benzene rings is 1. The minimum Gasteiger partial charge on any atom is -0.478 e. The Balaban J connectivity index is 2.42. The van der Waals surface area contributed by atoms with Gasteiger partial charge in [-0.25, -0.2) is 9.78 Å². The maximum absolute atomic E-state index is 11.2. The molecular weight excluding hydrogens is 310 g/mol. The Kier molecular flexibility index (Phi) is 3.85. The lowest BCUT2D eigenvalue weighted by atomic mass is 10.1. The third-order valence-corrected chi connectivity index (χ3v) is 3.09. The quantitative estimate of drug-likeness (QED) is 0.929. The third kappa shape index (κ3) is 3.12. The Morgan fingerprint density at radius 3 is 2.63 bits per heavy atom. The second-order valence-electron chi connectivity index (χ2n) is 4.21. The van der Waals surface area contributed by atoms with Crippen LogP contribution >= 0.6 is 15.9 Å². The Morgan fingerprint density at radius 1 is 1.26 bits per heavy atom. The lowest BCUT2D eigenvalue weighted by Crippen LogP contribution is -2.01. The van der Waals surface area contributed by atoms with Gasteiger partial charge >= 0.3 is 5.97 Å². The van der Waals surface area contributed by atoms with Gasteiger partial charge in [-0.15, -0.1) is 0 Å². The van der Waals surface area contributed by atoms with Gasteiger partial charge in [-0.3, -0.25) is 0 Å². The fraction of sp³-hybridized carbons (Fsp3) is 0.143. The van der Waals surface area contributed by atoms with Gasteiger partial charge in [-0.1, -0.05) is 6.07 Å². The standard InChI is InChI=1S/C14H12BrNO3/c1-8-3-4-10(14(17)18)12(6-8)19-13-11(15)5-9(2)7-16-13/h3-7H,1-2H3,(H,17,18). The lowest BCUT2D eigenvalue weighted by molar-refractivity contribution is 0.0694. The zero-order valence-corrected chi connectivity index (χ0v) is 12.1. The minimum absolute atomic E-state index is 0.111. The van der Waals surface area contributed by atoms with Gasteiger partial charge in [0.05, 0.1) is 4.47 Å². The summed E-state index contributed by atoms with van der Waals surface area (Å²) in [5, 5.41) is 9.14. The van der Waals surface area contributed by atoms with Gasteiger partial charge in [0, 0.05) is 6.20 Å². The number of ether oxygens (including phenoxy) is 1. The summed E-state index contributed by atoms with van der Waals surface area (Å²) in [4.78, 5) is 15.3. The minimum atomic E-state index is -1.03. The lowest BCUT2D eigenvalue weighted by Gasteiger charge is -2.10. The van der Waals surface area contributed by atoms with Crippen molar-refractivity contribution in [3.63, 3.8) is 0 Å². The SMILES string of the molecule is Cc1cnc(Oc2cc(C)ccc2C(=O)O)c(Br)c1. The monoisotopic (exact) mass is 321 g/mol. The first-order chi connectivity index (χ1) is 8.97. The molecule has 1 heterocycles. The summed E-state index contributed by atoms with van der Waals surface area (Å²) >= 11 is 3.35. The van der Waals surface area contributed by atoms with E-state index in [4.69, 9.17) is 9.84 Å². The number of carbonyl (C=O) groups is 1. The summed E-state index contributed by atoms with van der Waals surface area (Å²) in [6, 6.07) is 6.79. The van der Waals surface area contributed by atoms with E-state index in [0.717, 1.165) is 11.1 Å². The Bertz CT molecular complexity index is 641. The fourth-order valence-corrected chi connectivity index (χ4v) is 2.14. The van der Waals surface area contributed by atoms with E-state index in [1.165, 1.54) is 6.07 Å². The first kappa shape index (κ1) is 13.5. The van der Waals surface area contributed by atoms with Crippen molar-refractivity contribution in [1.29, 1.82) is 0 Å². The average Bonchev–Trinajstić information content (AvgIpc) is 2.32. The zero-order chi connectivity index (χ0) is 14.0. The van der Waals surface area contributed by atoms with Crippen molar-refractivity contribution >= 4 is 21.9 Å². The van der Waals surface area contributed by atoms with E-state index in [2.05, 4.69) is 20.9 Å². The highest BCUT2D eigenvalue weighted by atomic mass is 79.9. The number of nitrogens with zero attached hydrogens (tertiary/aromatic N) is 1. The number of pyridine rings is 1. The van der Waals surface area contributed by atoms with E-state index >= 15 is 0 Å². The molecule has 0 saturated heterocycles. The second kappa shape index (κ2) is 5.40. The van der Waals surface area contributed by atoms with Crippen LogP contribution in [0.5, 0.6) is 11.6 Å². The van der Waals surface area contributed by atoms with Crippen LogP contribution in [0.25, 0.3) is 0 Å². The zero-order valence-electron chi connectivity index (χ0n) is 10.5. The molecule has 0 bridgehead atoms. The van der Waals surface area contributed by atoms with Crippen LogP contribution in [0.4, 0.5) is 0 Å². The van der Waals surface area contributed by atoms with Gasteiger partial charge < -0.3 is 9.84 Å². The largest absolute Gasteiger partial charge is 0.478 e. The van der Waals surface area contributed by atoms with Crippen molar-refractivity contribution in [2.24, 2.45) is 0 Å². The van der Waals surface area contributed by atoms with E-state index in [9.17, 15) is 4.79 Å². The summed E-state index contributed by atoms with van der Waals surface area (Å²) in [5.41, 5.74) is 2.02. The molecule has 0 aliphatic heterocycles. The molecule has 1 aromatic carbocycles. The predicted octanol–water partition coefficient (Wildman–Crippen LogP) is 3.95. The Labute approximate surface area is 119 Å². The van der Waals surface area contributed by atoms with Gasteiger partial charge in [-0.2, -0.15) is 0 Å². The first-order valence-corrected chi connectivity index (χ1v) is 6.40. The van der Waals surface area contributed by atoms with Crippen LogP contribution in [0.3, 0.4) is 0 Å². The molecule has 4 nitrogen and oxygen atoms in total. The number of hydrogen-bond acceptors (Lipinski definition) is 3. The van der Waals surface area contributed by atoms with Crippen LogP contribution in [0.15, 0.2) is 34.9 Å². The van der Waals surface area contributed by atoms with Crippen molar-refractivity contribution in [1.82, 2.24) is 4.98 Å². The molecule has 0 saturated carbocycles. The molecule has 98 valence electrons. The molecule has 19 heavy (non-hydrogen) atoms. The molecule has 1 aromatic heterocycles. The summed E-state index contributed by atoms with van der Waals surface area (Å²) in [7, 11) is 0. The molecule has 0 amide bonds. The van der Waals surface area contributed by atoms with E-state index in [-0.39, 0.29) is 11.3 Å². The Hall–Kier alpha value is -1.88. The number of aromatic nitrogens is 1. The van der Waals surface area contributed by atoms with E-state index in [1.54, 1.807) is 18.3 Å². The maximum Gasteiger partial charge on any atom is 0.339 e. The molecule has 2 rings (SSSR count). The number of carboxylic acids is 1. The highest BCUT2D eigenvalue weighted by molar-refractivity contribution is 9.10. The van der Waals surface area contributed by atoms with E-state index in [1.807, 2.05) is 19.9 Å². The molecule has 0 radical (unpaired) electrons. The highest BCUT2D eigenvalue weighted by Gasteiger charge is 2.14. The molecule has 0 aliphatic carbocycles. The van der Waals surface area contributed by atoms with Crippen LogP contribution in [-0.2, 0) is 0 Å². The average molecular weight is 322 g/mol. The highest BCUT2D eigenvalue weighted by Crippen LogP contribution is 2.30. The number of aryl methyl sites for hydroxylation is 2. The molecule has 0 spiro atoms. The molecule has 0 atom stereocenters. The second-order valence-corrected chi connectivity index (χ2v) is 5.06. The number of halogens is 1. The van der Waals surface area contributed by atoms with Gasteiger partial charge in [0.2, 0.25) is 5.88 Å². The van der Waals surface area contributed by atoms with Crippen molar-refractivity contribution in [2.45, 2.75) is 13.8 Å². The first-order valence-electron chi connectivity index (χ1n) is 5.61. The summed E-state index contributed by atoms with van der Waals surface area (Å²) < 4.78 is 6.28. The van der Waals surface area contributed by atoms with E-state index in [0.29, 0.717) is 10.4 Å². The van der Waals surface area contributed by atoms with Gasteiger partial charge in [-0.05, 0) is 59.1 Å².